The van der Waals surface area contributed by atoms with Crippen LogP contribution in [-0.2, 0) is 11.0 Å². The van der Waals surface area contributed by atoms with Crippen molar-refractivity contribution in [3.8, 4) is 5.75 Å². The van der Waals surface area contributed by atoms with Crippen LogP contribution in [-0.4, -0.2) is 34.8 Å². The van der Waals surface area contributed by atoms with Gasteiger partial charge in [0.2, 0.25) is 0 Å². The molecule has 26 heavy (non-hydrogen) atoms. The van der Waals surface area contributed by atoms with Crippen LogP contribution in [0.15, 0.2) is 42.5 Å². The van der Waals surface area contributed by atoms with Gasteiger partial charge in [-0.05, 0) is 35.5 Å². The zero-order valence-electron chi connectivity index (χ0n) is 13.4. The summed E-state index contributed by atoms with van der Waals surface area (Å²) >= 11 is 0. The molecule has 0 saturated heterocycles. The minimum atomic E-state index is -4.51. The molecule has 1 N–H and O–H groups in total. The highest BCUT2D eigenvalue weighted by Crippen LogP contribution is 2.30. The Hall–Kier alpha value is -3.30. The molecule has 0 atom stereocenters. The number of nitrogens with zero attached hydrogens (tertiary/aromatic N) is 3. The number of hydrogen-bond acceptors (Lipinski definition) is 5. The fraction of sp³-hybridized carbons (Fsp3) is 0.188. The molecule has 3 aromatic rings. The first kappa shape index (κ1) is 17.5. The number of rotatable bonds is 5. The number of alkyl halides is 3. The quantitative estimate of drug-likeness (QED) is 0.751. The van der Waals surface area contributed by atoms with Crippen LogP contribution in [0.1, 0.15) is 5.56 Å². The zero-order valence-corrected chi connectivity index (χ0v) is 13.4. The van der Waals surface area contributed by atoms with Crippen molar-refractivity contribution in [3.63, 3.8) is 0 Å². The van der Waals surface area contributed by atoms with E-state index in [1.54, 1.807) is 24.3 Å². The van der Waals surface area contributed by atoms with Gasteiger partial charge in [0.1, 0.15) is 16.8 Å². The maximum atomic E-state index is 12.8. The van der Waals surface area contributed by atoms with Gasteiger partial charge in [0, 0.05) is 11.8 Å². The highest BCUT2D eigenvalue weighted by atomic mass is 19.4. The van der Waals surface area contributed by atoms with Gasteiger partial charge in [-0.2, -0.15) is 13.2 Å². The van der Waals surface area contributed by atoms with E-state index in [4.69, 9.17) is 9.57 Å². The predicted molar refractivity (Wildman–Crippen MR) is 85.6 cm³/mol. The van der Waals surface area contributed by atoms with Crippen LogP contribution in [0.4, 0.5) is 18.9 Å². The standard InChI is InChI=1S/C16H13F3N4O3/c1-25-12-4-2-3-11(8-12)20-15(24)9-26-23-14-7-10(16(17,18)19)5-6-13(14)21-22-23/h2-8H,9H2,1H3,(H,20,24). The SMILES string of the molecule is COc1cccc(NC(=O)COn2nnc3ccc(C(F)(F)F)cc32)c1. The van der Waals surface area contributed by atoms with Gasteiger partial charge in [0.15, 0.2) is 6.61 Å². The summed E-state index contributed by atoms with van der Waals surface area (Å²) in [5.74, 6) is 0.0412. The summed E-state index contributed by atoms with van der Waals surface area (Å²) in [5, 5.41) is 9.88. The first-order valence-electron chi connectivity index (χ1n) is 7.36. The largest absolute Gasteiger partial charge is 0.497 e. The van der Waals surface area contributed by atoms with E-state index in [1.807, 2.05) is 0 Å². The Morgan fingerprint density at radius 1 is 1.23 bits per heavy atom. The van der Waals surface area contributed by atoms with Crippen LogP contribution in [0.25, 0.3) is 11.0 Å². The Labute approximate surface area is 145 Å². The van der Waals surface area contributed by atoms with Crippen LogP contribution in [0.2, 0.25) is 0 Å². The maximum Gasteiger partial charge on any atom is 0.416 e. The number of halogens is 3. The Balaban J connectivity index is 1.70. The molecule has 1 heterocycles. The molecule has 3 rings (SSSR count). The lowest BCUT2D eigenvalue weighted by Gasteiger charge is -2.09. The monoisotopic (exact) mass is 366 g/mol. The van der Waals surface area contributed by atoms with E-state index in [0.29, 0.717) is 11.4 Å². The van der Waals surface area contributed by atoms with E-state index in [-0.39, 0.29) is 11.0 Å². The number of hydrogen-bond donors (Lipinski definition) is 1. The predicted octanol–water partition coefficient (Wildman–Crippen LogP) is 2.53. The third kappa shape index (κ3) is 3.85. The number of anilines is 1. The Morgan fingerprint density at radius 2 is 2.04 bits per heavy atom. The lowest BCUT2D eigenvalue weighted by atomic mass is 10.2. The van der Waals surface area contributed by atoms with Gasteiger partial charge < -0.3 is 14.9 Å². The number of fused-ring (bicyclic) bond motifs is 1. The van der Waals surface area contributed by atoms with E-state index < -0.39 is 24.3 Å². The van der Waals surface area contributed by atoms with E-state index >= 15 is 0 Å². The summed E-state index contributed by atoms with van der Waals surface area (Å²) in [6.07, 6.45) is -4.51. The number of aromatic nitrogens is 3. The van der Waals surface area contributed by atoms with E-state index in [2.05, 4.69) is 15.6 Å². The molecule has 0 saturated carbocycles. The van der Waals surface area contributed by atoms with Crippen molar-refractivity contribution < 1.29 is 27.5 Å². The van der Waals surface area contributed by atoms with Crippen molar-refractivity contribution in [2.45, 2.75) is 6.18 Å². The first-order chi connectivity index (χ1) is 12.4. The molecule has 0 bridgehead atoms. The Morgan fingerprint density at radius 3 is 2.77 bits per heavy atom. The Bertz CT molecular complexity index is 940. The van der Waals surface area contributed by atoms with Gasteiger partial charge in [-0.3, -0.25) is 4.79 Å². The van der Waals surface area contributed by atoms with Gasteiger partial charge in [-0.15, -0.1) is 5.10 Å². The van der Waals surface area contributed by atoms with Gasteiger partial charge in [0.05, 0.1) is 12.7 Å². The summed E-state index contributed by atoms with van der Waals surface area (Å²) in [5.41, 5.74) is -0.154. The number of ether oxygens (including phenoxy) is 1. The molecule has 1 amide bonds. The molecule has 2 aromatic carbocycles. The molecule has 7 nitrogen and oxygen atoms in total. The van der Waals surface area contributed by atoms with Crippen LogP contribution in [0.3, 0.4) is 0 Å². The van der Waals surface area contributed by atoms with Crippen molar-refractivity contribution in [2.24, 2.45) is 0 Å². The molecule has 0 aliphatic carbocycles. The number of amides is 1. The summed E-state index contributed by atoms with van der Waals surface area (Å²) in [4.78, 5) is 17.9. The molecule has 0 unspecified atom stereocenters. The van der Waals surface area contributed by atoms with Crippen LogP contribution in [0.5, 0.6) is 5.75 Å². The molecule has 1 aromatic heterocycles. The van der Waals surface area contributed by atoms with Gasteiger partial charge in [-0.1, -0.05) is 10.9 Å². The summed E-state index contributed by atoms with van der Waals surface area (Å²) < 4.78 is 43.5. The summed E-state index contributed by atoms with van der Waals surface area (Å²) in [6.45, 7) is -0.466. The lowest BCUT2D eigenvalue weighted by Crippen LogP contribution is -2.26. The maximum absolute atomic E-state index is 12.8. The second-order valence-electron chi connectivity index (χ2n) is 5.22. The van der Waals surface area contributed by atoms with Gasteiger partial charge in [0.25, 0.3) is 5.91 Å². The third-order valence-electron chi connectivity index (χ3n) is 3.41. The summed E-state index contributed by atoms with van der Waals surface area (Å²) in [6, 6.07) is 9.61. The van der Waals surface area contributed by atoms with Crippen LogP contribution >= 0.6 is 0 Å². The number of benzene rings is 2. The zero-order chi connectivity index (χ0) is 18.7. The molecule has 0 spiro atoms. The molecule has 0 fully saturated rings. The topological polar surface area (TPSA) is 78.3 Å². The van der Waals surface area contributed by atoms with Crippen molar-refractivity contribution in [1.82, 2.24) is 15.2 Å². The number of carbonyl (C=O) groups excluding carboxylic acids is 1. The average molecular weight is 366 g/mol. The first-order valence-corrected chi connectivity index (χ1v) is 7.36. The van der Waals surface area contributed by atoms with Gasteiger partial charge in [-0.25, -0.2) is 0 Å². The van der Waals surface area contributed by atoms with Crippen molar-refractivity contribution in [1.29, 1.82) is 0 Å². The second-order valence-corrected chi connectivity index (χ2v) is 5.22. The molecule has 0 aliphatic rings. The number of methoxy groups -OCH3 is 1. The molecule has 0 aliphatic heterocycles. The lowest BCUT2D eigenvalue weighted by molar-refractivity contribution is -0.137. The minimum absolute atomic E-state index is 0.00834. The van der Waals surface area contributed by atoms with Crippen LogP contribution < -0.4 is 14.9 Å². The smallest absolute Gasteiger partial charge is 0.416 e. The normalized spacial score (nSPS) is 11.4. The third-order valence-corrected chi connectivity index (χ3v) is 3.41. The van der Waals surface area contributed by atoms with E-state index in [9.17, 15) is 18.0 Å². The highest BCUT2D eigenvalue weighted by molar-refractivity contribution is 5.91. The molecule has 10 heteroatoms. The molecule has 136 valence electrons. The average Bonchev–Trinajstić information content (AvgIpc) is 3.01. The highest BCUT2D eigenvalue weighted by Gasteiger charge is 2.31. The van der Waals surface area contributed by atoms with Crippen molar-refractivity contribution in [2.75, 3.05) is 19.0 Å². The van der Waals surface area contributed by atoms with Crippen LogP contribution in [0, 0.1) is 0 Å². The molecular weight excluding hydrogens is 353 g/mol. The summed E-state index contributed by atoms with van der Waals surface area (Å²) in [7, 11) is 1.50. The van der Waals surface area contributed by atoms with Crippen molar-refractivity contribution in [3.05, 3.63) is 48.0 Å². The van der Waals surface area contributed by atoms with E-state index in [1.165, 1.54) is 13.2 Å². The second kappa shape index (κ2) is 6.90. The Kier molecular flexibility index (Phi) is 4.65. The van der Waals surface area contributed by atoms with E-state index in [0.717, 1.165) is 17.0 Å². The van der Waals surface area contributed by atoms with Gasteiger partial charge >= 0.3 is 6.18 Å². The minimum Gasteiger partial charge on any atom is -0.497 e. The number of carbonyl (C=O) groups is 1. The fourth-order valence-corrected chi connectivity index (χ4v) is 2.19. The molecular formula is C16H13F3N4O3. The van der Waals surface area contributed by atoms with Crippen molar-refractivity contribution >= 4 is 22.6 Å². The fourth-order valence-electron chi connectivity index (χ4n) is 2.19. The molecule has 0 radical (unpaired) electrons. The number of nitrogens with one attached hydrogen (secondary N) is 1.